The Morgan fingerprint density at radius 1 is 0.621 bits per heavy atom. The summed E-state index contributed by atoms with van der Waals surface area (Å²) >= 11 is 0. The van der Waals surface area contributed by atoms with Crippen molar-refractivity contribution in [3.8, 4) is 0 Å². The molecular formula is C24H42N2O3. The first-order chi connectivity index (χ1) is 14.2. The second kappa shape index (κ2) is 17.1. The molecule has 166 valence electrons. The minimum atomic E-state index is -0.248. The van der Waals surface area contributed by atoms with Gasteiger partial charge in [-0.1, -0.05) is 90.9 Å². The summed E-state index contributed by atoms with van der Waals surface area (Å²) in [7, 11) is 0. The third-order valence-corrected chi connectivity index (χ3v) is 5.19. The van der Waals surface area contributed by atoms with Gasteiger partial charge in [0, 0.05) is 13.1 Å². The number of furan rings is 1. The maximum atomic E-state index is 12.1. The normalized spacial score (nSPS) is 10.8. The first-order valence-electron chi connectivity index (χ1n) is 11.8. The van der Waals surface area contributed by atoms with E-state index in [1.54, 1.807) is 12.1 Å². The van der Waals surface area contributed by atoms with Gasteiger partial charge < -0.3 is 15.1 Å². The highest BCUT2D eigenvalue weighted by Crippen LogP contribution is 2.10. The van der Waals surface area contributed by atoms with Crippen LogP contribution in [0.15, 0.2) is 16.5 Å². The Kier molecular flexibility index (Phi) is 14.9. The minimum Gasteiger partial charge on any atom is -0.446 e. The van der Waals surface area contributed by atoms with Crippen molar-refractivity contribution >= 4 is 11.8 Å². The monoisotopic (exact) mass is 406 g/mol. The molecule has 0 spiro atoms. The molecule has 0 bridgehead atoms. The van der Waals surface area contributed by atoms with Crippen LogP contribution in [0, 0.1) is 0 Å². The van der Waals surface area contributed by atoms with E-state index in [9.17, 15) is 9.59 Å². The van der Waals surface area contributed by atoms with Crippen molar-refractivity contribution in [1.29, 1.82) is 0 Å². The molecular weight excluding hydrogens is 364 g/mol. The molecule has 1 aromatic rings. The zero-order valence-electron chi connectivity index (χ0n) is 18.7. The minimum absolute atomic E-state index is 0.203. The van der Waals surface area contributed by atoms with Crippen molar-refractivity contribution in [2.24, 2.45) is 0 Å². The summed E-state index contributed by atoms with van der Waals surface area (Å²) in [4.78, 5) is 24.3. The molecule has 29 heavy (non-hydrogen) atoms. The highest BCUT2D eigenvalue weighted by Gasteiger charge is 2.15. The Morgan fingerprint density at radius 2 is 0.966 bits per heavy atom. The number of unbranched alkanes of at least 4 members (excludes halogenated alkanes) is 12. The lowest BCUT2D eigenvalue weighted by Crippen LogP contribution is -2.25. The molecule has 0 saturated carbocycles. The van der Waals surface area contributed by atoms with Crippen LogP contribution < -0.4 is 10.6 Å². The topological polar surface area (TPSA) is 71.3 Å². The van der Waals surface area contributed by atoms with Crippen LogP contribution in [0.2, 0.25) is 0 Å². The van der Waals surface area contributed by atoms with E-state index in [-0.39, 0.29) is 23.3 Å². The van der Waals surface area contributed by atoms with Crippen LogP contribution in [0.5, 0.6) is 0 Å². The van der Waals surface area contributed by atoms with Gasteiger partial charge in [0.2, 0.25) is 0 Å². The summed E-state index contributed by atoms with van der Waals surface area (Å²) in [6, 6.07) is 3.14. The van der Waals surface area contributed by atoms with Crippen molar-refractivity contribution in [2.45, 2.75) is 104 Å². The van der Waals surface area contributed by atoms with Crippen LogP contribution in [-0.4, -0.2) is 24.9 Å². The summed E-state index contributed by atoms with van der Waals surface area (Å²) < 4.78 is 5.43. The second-order valence-electron chi connectivity index (χ2n) is 7.92. The first-order valence-corrected chi connectivity index (χ1v) is 11.8. The third kappa shape index (κ3) is 12.4. The van der Waals surface area contributed by atoms with Crippen molar-refractivity contribution in [2.75, 3.05) is 13.1 Å². The number of amides is 2. The molecule has 0 radical (unpaired) electrons. The number of rotatable bonds is 18. The lowest BCUT2D eigenvalue weighted by molar-refractivity contribution is 0.0900. The van der Waals surface area contributed by atoms with E-state index in [4.69, 9.17) is 4.42 Å². The number of hydrogen-bond acceptors (Lipinski definition) is 3. The van der Waals surface area contributed by atoms with E-state index in [2.05, 4.69) is 24.5 Å². The molecule has 0 saturated heterocycles. The van der Waals surface area contributed by atoms with Gasteiger partial charge in [0.05, 0.1) is 0 Å². The number of carbonyl (C=O) groups is 2. The zero-order chi connectivity index (χ0) is 21.2. The highest BCUT2D eigenvalue weighted by atomic mass is 16.4. The van der Waals surface area contributed by atoms with Crippen LogP contribution in [0.1, 0.15) is 125 Å². The molecule has 1 heterocycles. The number of carbonyl (C=O) groups excluding carboxylic acids is 2. The maximum absolute atomic E-state index is 12.1. The van der Waals surface area contributed by atoms with Crippen molar-refractivity contribution in [3.05, 3.63) is 23.7 Å². The molecule has 1 rings (SSSR count). The average molecular weight is 407 g/mol. The molecule has 0 unspecified atom stereocenters. The molecule has 1 aromatic heterocycles. The first kappa shape index (κ1) is 25.3. The molecule has 0 aromatic carbocycles. The van der Waals surface area contributed by atoms with Crippen molar-refractivity contribution < 1.29 is 14.0 Å². The van der Waals surface area contributed by atoms with Crippen LogP contribution in [0.3, 0.4) is 0 Å². The zero-order valence-corrected chi connectivity index (χ0v) is 18.7. The van der Waals surface area contributed by atoms with Crippen LogP contribution in [-0.2, 0) is 0 Å². The predicted molar refractivity (Wildman–Crippen MR) is 119 cm³/mol. The van der Waals surface area contributed by atoms with E-state index >= 15 is 0 Å². The number of nitrogens with one attached hydrogen (secondary N) is 2. The van der Waals surface area contributed by atoms with E-state index < -0.39 is 0 Å². The molecule has 0 aliphatic rings. The van der Waals surface area contributed by atoms with E-state index in [0.29, 0.717) is 13.1 Å². The van der Waals surface area contributed by atoms with Gasteiger partial charge in [0.25, 0.3) is 11.8 Å². The quantitative estimate of drug-likeness (QED) is 0.283. The fourth-order valence-corrected chi connectivity index (χ4v) is 3.32. The maximum Gasteiger partial charge on any atom is 0.287 e. The highest BCUT2D eigenvalue weighted by molar-refractivity contribution is 5.95. The summed E-state index contributed by atoms with van der Waals surface area (Å²) in [5, 5.41) is 5.74. The Labute approximate surface area is 177 Å². The van der Waals surface area contributed by atoms with Crippen LogP contribution in [0.25, 0.3) is 0 Å². The fraction of sp³-hybridized carbons (Fsp3) is 0.750. The number of hydrogen-bond donors (Lipinski definition) is 2. The summed E-state index contributed by atoms with van der Waals surface area (Å²) in [6.07, 6.45) is 17.0. The van der Waals surface area contributed by atoms with Crippen molar-refractivity contribution in [1.82, 2.24) is 10.6 Å². The van der Waals surface area contributed by atoms with E-state index in [0.717, 1.165) is 25.7 Å². The Morgan fingerprint density at radius 3 is 1.34 bits per heavy atom. The molecule has 0 fully saturated rings. The molecule has 0 atom stereocenters. The van der Waals surface area contributed by atoms with Gasteiger partial charge in [-0.3, -0.25) is 9.59 Å². The summed E-state index contributed by atoms with van der Waals surface area (Å²) in [5.41, 5.74) is 0. The third-order valence-electron chi connectivity index (χ3n) is 5.19. The fourth-order valence-electron chi connectivity index (χ4n) is 3.32. The van der Waals surface area contributed by atoms with Gasteiger partial charge >= 0.3 is 0 Å². The molecule has 2 N–H and O–H groups in total. The molecule has 5 nitrogen and oxygen atoms in total. The van der Waals surface area contributed by atoms with Gasteiger partial charge in [-0.25, -0.2) is 0 Å². The van der Waals surface area contributed by atoms with E-state index in [1.807, 2.05) is 0 Å². The standard InChI is InChI=1S/C24H42N2O3/c1-3-5-7-9-11-13-15-19-25-23(27)21-17-18-22(29-21)24(28)26-20-16-14-12-10-8-6-4-2/h17-18H,3-16,19-20H2,1-2H3,(H,25,27)(H,26,28). The van der Waals surface area contributed by atoms with Gasteiger partial charge in [0.15, 0.2) is 11.5 Å². The molecule has 0 aliphatic heterocycles. The largest absolute Gasteiger partial charge is 0.446 e. The molecule has 2 amide bonds. The second-order valence-corrected chi connectivity index (χ2v) is 7.92. The molecule has 0 aliphatic carbocycles. The molecule has 5 heteroatoms. The van der Waals surface area contributed by atoms with Gasteiger partial charge in [-0.05, 0) is 25.0 Å². The smallest absolute Gasteiger partial charge is 0.287 e. The SMILES string of the molecule is CCCCCCCCCNC(=O)c1ccc(C(=O)NCCCCCCCCC)o1. The predicted octanol–water partition coefficient (Wildman–Crippen LogP) is 6.24. The average Bonchev–Trinajstić information content (AvgIpc) is 3.22. The Bertz CT molecular complexity index is 508. The summed E-state index contributed by atoms with van der Waals surface area (Å²) in [5.74, 6) is -0.0905. The lowest BCUT2D eigenvalue weighted by Gasteiger charge is -2.04. The summed E-state index contributed by atoms with van der Waals surface area (Å²) in [6.45, 7) is 5.73. The van der Waals surface area contributed by atoms with Gasteiger partial charge in [-0.15, -0.1) is 0 Å². The Hall–Kier alpha value is -1.78. The van der Waals surface area contributed by atoms with Gasteiger partial charge in [-0.2, -0.15) is 0 Å². The van der Waals surface area contributed by atoms with Crippen LogP contribution in [0.4, 0.5) is 0 Å². The van der Waals surface area contributed by atoms with E-state index in [1.165, 1.54) is 64.2 Å². The van der Waals surface area contributed by atoms with Crippen molar-refractivity contribution in [3.63, 3.8) is 0 Å². The Balaban J connectivity index is 2.12. The van der Waals surface area contributed by atoms with Gasteiger partial charge in [0.1, 0.15) is 0 Å². The lowest BCUT2D eigenvalue weighted by atomic mass is 10.1. The van der Waals surface area contributed by atoms with Crippen LogP contribution >= 0.6 is 0 Å².